The Hall–Kier alpha value is -0.530. The van der Waals surface area contributed by atoms with Gasteiger partial charge in [-0.15, -0.1) is 0 Å². The van der Waals surface area contributed by atoms with Crippen LogP contribution in [0.15, 0.2) is 0 Å². The summed E-state index contributed by atoms with van der Waals surface area (Å²) in [5.41, 5.74) is 0. The summed E-state index contributed by atoms with van der Waals surface area (Å²) < 4.78 is 0. The molecule has 2 heteroatoms. The van der Waals surface area contributed by atoms with Crippen molar-refractivity contribution in [2.45, 2.75) is 71.6 Å². The van der Waals surface area contributed by atoms with Gasteiger partial charge in [-0.1, -0.05) is 65.2 Å². The molecule has 0 radical (unpaired) electrons. The van der Waals surface area contributed by atoms with Crippen molar-refractivity contribution in [3.63, 3.8) is 0 Å². The highest BCUT2D eigenvalue weighted by molar-refractivity contribution is 5.69. The minimum atomic E-state index is -0.649. The number of aliphatic carboxylic acids is 1. The van der Waals surface area contributed by atoms with E-state index in [1.807, 2.05) is 6.92 Å². The molecular formula is C15H28O2. The van der Waals surface area contributed by atoms with Crippen molar-refractivity contribution in [1.82, 2.24) is 0 Å². The van der Waals surface area contributed by atoms with Gasteiger partial charge in [0.05, 0.1) is 5.92 Å². The molecule has 0 spiro atoms. The fourth-order valence-corrected chi connectivity index (χ4v) is 3.05. The van der Waals surface area contributed by atoms with Gasteiger partial charge >= 0.3 is 5.97 Å². The van der Waals surface area contributed by atoms with E-state index in [4.69, 9.17) is 5.11 Å². The Morgan fingerprint density at radius 3 is 2.47 bits per heavy atom. The van der Waals surface area contributed by atoms with Crippen LogP contribution in [0.1, 0.15) is 71.6 Å². The van der Waals surface area contributed by atoms with Crippen LogP contribution in [0.3, 0.4) is 0 Å². The number of hydrogen-bond donors (Lipinski definition) is 1. The maximum absolute atomic E-state index is 10.8. The normalized spacial score (nSPS) is 21.1. The first-order valence-corrected chi connectivity index (χ1v) is 7.32. The lowest BCUT2D eigenvalue weighted by Gasteiger charge is -2.22. The van der Waals surface area contributed by atoms with E-state index >= 15 is 0 Å². The molecule has 1 aliphatic rings. The van der Waals surface area contributed by atoms with Gasteiger partial charge in [-0.05, 0) is 18.3 Å². The third-order valence-electron chi connectivity index (χ3n) is 4.21. The van der Waals surface area contributed by atoms with Crippen LogP contribution >= 0.6 is 0 Å². The van der Waals surface area contributed by atoms with Gasteiger partial charge in [0, 0.05) is 0 Å². The number of carboxylic acid groups (broad SMARTS) is 1. The second-order valence-corrected chi connectivity index (χ2v) is 6.02. The summed E-state index contributed by atoms with van der Waals surface area (Å²) in [4.78, 5) is 10.8. The second kappa shape index (κ2) is 7.73. The molecule has 0 heterocycles. The molecular weight excluding hydrogens is 212 g/mol. The van der Waals surface area contributed by atoms with Crippen LogP contribution in [0.2, 0.25) is 0 Å². The number of hydrogen-bond acceptors (Lipinski definition) is 1. The van der Waals surface area contributed by atoms with E-state index in [-0.39, 0.29) is 5.92 Å². The maximum atomic E-state index is 10.8. The molecule has 0 aromatic carbocycles. The van der Waals surface area contributed by atoms with Crippen molar-refractivity contribution in [3.05, 3.63) is 0 Å². The molecule has 0 aromatic rings. The van der Waals surface area contributed by atoms with E-state index in [0.717, 1.165) is 12.3 Å². The average Bonchev–Trinajstić information content (AvgIpc) is 2.30. The van der Waals surface area contributed by atoms with Gasteiger partial charge in [0.25, 0.3) is 0 Å². The Bertz CT molecular complexity index is 219. The highest BCUT2D eigenvalue weighted by Crippen LogP contribution is 2.29. The Morgan fingerprint density at radius 2 is 1.88 bits per heavy atom. The average molecular weight is 240 g/mol. The Balaban J connectivity index is 2.06. The molecule has 1 saturated carbocycles. The zero-order valence-corrected chi connectivity index (χ0v) is 11.5. The molecule has 0 saturated heterocycles. The maximum Gasteiger partial charge on any atom is 0.306 e. The van der Waals surface area contributed by atoms with Crippen LogP contribution in [-0.2, 0) is 4.79 Å². The molecule has 100 valence electrons. The molecule has 1 rings (SSSR count). The largest absolute Gasteiger partial charge is 0.481 e. The van der Waals surface area contributed by atoms with E-state index in [1.54, 1.807) is 0 Å². The molecule has 2 unspecified atom stereocenters. The van der Waals surface area contributed by atoms with Gasteiger partial charge < -0.3 is 5.11 Å². The molecule has 1 fully saturated rings. The summed E-state index contributed by atoms with van der Waals surface area (Å²) in [7, 11) is 0. The zero-order chi connectivity index (χ0) is 12.7. The predicted octanol–water partition coefficient (Wildman–Crippen LogP) is 4.48. The Kier molecular flexibility index (Phi) is 6.61. The molecule has 0 bridgehead atoms. The molecule has 17 heavy (non-hydrogen) atoms. The van der Waals surface area contributed by atoms with Crippen LogP contribution in [-0.4, -0.2) is 11.1 Å². The minimum Gasteiger partial charge on any atom is -0.481 e. The Labute approximate surface area is 106 Å². The van der Waals surface area contributed by atoms with Crippen molar-refractivity contribution >= 4 is 5.97 Å². The van der Waals surface area contributed by atoms with Crippen LogP contribution in [0.5, 0.6) is 0 Å². The van der Waals surface area contributed by atoms with Crippen LogP contribution < -0.4 is 0 Å². The van der Waals surface area contributed by atoms with Crippen molar-refractivity contribution in [1.29, 1.82) is 0 Å². The van der Waals surface area contributed by atoms with Crippen molar-refractivity contribution in [2.24, 2.45) is 17.8 Å². The van der Waals surface area contributed by atoms with E-state index in [0.29, 0.717) is 5.92 Å². The lowest BCUT2D eigenvalue weighted by atomic mass is 9.84. The van der Waals surface area contributed by atoms with Gasteiger partial charge in [-0.2, -0.15) is 0 Å². The van der Waals surface area contributed by atoms with E-state index in [1.165, 1.54) is 51.4 Å². The highest BCUT2D eigenvalue weighted by Gasteiger charge is 2.16. The van der Waals surface area contributed by atoms with Crippen molar-refractivity contribution in [3.8, 4) is 0 Å². The van der Waals surface area contributed by atoms with E-state index in [9.17, 15) is 4.79 Å². The first-order chi connectivity index (χ1) is 8.09. The third-order valence-corrected chi connectivity index (χ3v) is 4.21. The van der Waals surface area contributed by atoms with Gasteiger partial charge in [-0.3, -0.25) is 4.79 Å². The summed E-state index contributed by atoms with van der Waals surface area (Å²) in [6, 6.07) is 0. The zero-order valence-electron chi connectivity index (χ0n) is 11.5. The van der Waals surface area contributed by atoms with E-state index in [2.05, 4.69) is 6.92 Å². The molecule has 0 aromatic heterocycles. The second-order valence-electron chi connectivity index (χ2n) is 6.02. The molecule has 1 aliphatic carbocycles. The van der Waals surface area contributed by atoms with Gasteiger partial charge in [0.2, 0.25) is 0 Å². The van der Waals surface area contributed by atoms with Crippen LogP contribution in [0.25, 0.3) is 0 Å². The molecule has 2 nitrogen and oxygen atoms in total. The predicted molar refractivity (Wildman–Crippen MR) is 71.0 cm³/mol. The number of carbonyl (C=O) groups is 1. The molecule has 0 amide bonds. The van der Waals surface area contributed by atoms with Crippen molar-refractivity contribution < 1.29 is 9.90 Å². The SMILES string of the molecule is CC(CCCC1CCCCC1)CC(C)C(=O)O. The third kappa shape index (κ3) is 6.09. The molecule has 1 N–H and O–H groups in total. The summed E-state index contributed by atoms with van der Waals surface area (Å²) in [6.07, 6.45) is 11.8. The van der Waals surface area contributed by atoms with Crippen LogP contribution in [0.4, 0.5) is 0 Å². The smallest absolute Gasteiger partial charge is 0.306 e. The Morgan fingerprint density at radius 1 is 1.24 bits per heavy atom. The fourth-order valence-electron chi connectivity index (χ4n) is 3.05. The lowest BCUT2D eigenvalue weighted by molar-refractivity contribution is -0.141. The quantitative estimate of drug-likeness (QED) is 0.712. The van der Waals surface area contributed by atoms with Gasteiger partial charge in [0.15, 0.2) is 0 Å². The minimum absolute atomic E-state index is 0.181. The first kappa shape index (κ1) is 14.5. The summed E-state index contributed by atoms with van der Waals surface area (Å²) in [5.74, 6) is 0.696. The molecule has 0 aliphatic heterocycles. The van der Waals surface area contributed by atoms with Crippen molar-refractivity contribution in [2.75, 3.05) is 0 Å². The van der Waals surface area contributed by atoms with E-state index < -0.39 is 5.97 Å². The summed E-state index contributed by atoms with van der Waals surface area (Å²) in [5, 5.41) is 8.86. The van der Waals surface area contributed by atoms with Crippen LogP contribution in [0, 0.1) is 17.8 Å². The topological polar surface area (TPSA) is 37.3 Å². The van der Waals surface area contributed by atoms with Gasteiger partial charge in [0.1, 0.15) is 0 Å². The highest BCUT2D eigenvalue weighted by atomic mass is 16.4. The summed E-state index contributed by atoms with van der Waals surface area (Å²) in [6.45, 7) is 4.01. The van der Waals surface area contributed by atoms with Gasteiger partial charge in [-0.25, -0.2) is 0 Å². The lowest BCUT2D eigenvalue weighted by Crippen LogP contribution is -2.13. The first-order valence-electron chi connectivity index (χ1n) is 7.32. The number of rotatable bonds is 7. The summed E-state index contributed by atoms with van der Waals surface area (Å²) >= 11 is 0. The monoisotopic (exact) mass is 240 g/mol. The molecule has 2 atom stereocenters. The number of carboxylic acids is 1. The standard InChI is InChI=1S/C15H28O2/c1-12(11-13(2)15(16)17)7-6-10-14-8-4-3-5-9-14/h12-14H,3-11H2,1-2H3,(H,16,17). The fraction of sp³-hybridized carbons (Fsp3) is 0.933.